The minimum atomic E-state index is -2.38. The van der Waals surface area contributed by atoms with E-state index >= 15 is 0 Å². The average Bonchev–Trinajstić information content (AvgIpc) is 2.58. The Hall–Kier alpha value is -2.04. The van der Waals surface area contributed by atoms with E-state index in [0.717, 1.165) is 15.9 Å². The summed E-state index contributed by atoms with van der Waals surface area (Å²) in [6, 6.07) is 30.1. The first-order chi connectivity index (χ1) is 10.8. The van der Waals surface area contributed by atoms with Gasteiger partial charge in [0.15, 0.2) is 0 Å². The zero-order valence-corrected chi connectivity index (χ0v) is 12.0. The molecule has 0 aliphatic heterocycles. The second-order valence-corrected chi connectivity index (χ2v) is 7.57. The third-order valence-corrected chi connectivity index (χ3v) is 6.65. The highest BCUT2D eigenvalue weighted by Crippen LogP contribution is 2.41. The highest BCUT2D eigenvalue weighted by molar-refractivity contribution is 7.93. The van der Waals surface area contributed by atoms with E-state index in [1.807, 2.05) is 91.0 Å². The molecule has 0 aliphatic rings. The quantitative estimate of drug-likeness (QED) is 0.644. The van der Waals surface area contributed by atoms with Crippen molar-refractivity contribution in [2.45, 2.75) is 0 Å². The van der Waals surface area contributed by atoms with Crippen molar-refractivity contribution in [3.05, 3.63) is 91.0 Å². The Morgan fingerprint density at radius 1 is 0.550 bits per heavy atom. The van der Waals surface area contributed by atoms with Gasteiger partial charge in [-0.3, -0.25) is 0 Å². The molecule has 0 saturated carbocycles. The van der Waals surface area contributed by atoms with Gasteiger partial charge in [-0.2, -0.15) is 0 Å². The molecule has 0 bridgehead atoms. The van der Waals surface area contributed by atoms with Crippen molar-refractivity contribution in [3.8, 4) is 0 Å². The van der Waals surface area contributed by atoms with Crippen LogP contribution in [0.15, 0.2) is 91.0 Å². The zero-order valence-electron chi connectivity index (χ0n) is 13.1. The summed E-state index contributed by atoms with van der Waals surface area (Å²) in [4.78, 5) is 0. The van der Waals surface area contributed by atoms with Crippen molar-refractivity contribution in [3.63, 3.8) is 0 Å². The molecule has 98 valence electrons. The summed E-state index contributed by atoms with van der Waals surface area (Å²) in [6.45, 7) is -2.38. The molecule has 0 amide bonds. The predicted octanol–water partition coefficient (Wildman–Crippen LogP) is 3.41. The molecule has 0 saturated heterocycles. The molecule has 0 N–H and O–H groups in total. The summed E-state index contributed by atoms with van der Waals surface area (Å²) in [7, 11) is 0. The van der Waals surface area contributed by atoms with Crippen LogP contribution >= 0.6 is 6.89 Å². The summed E-state index contributed by atoms with van der Waals surface area (Å²) < 4.78 is 16.7. The third kappa shape index (κ3) is 2.24. The first-order valence-electron chi connectivity index (χ1n) is 7.63. The van der Waals surface area contributed by atoms with Gasteiger partial charge < -0.3 is 0 Å². The smallest absolute Gasteiger partial charge is 0.0550 e. The minimum Gasteiger partial charge on any atom is -0.0887 e. The van der Waals surface area contributed by atoms with E-state index in [-0.39, 0.29) is 6.25 Å². The Balaban J connectivity index is 2.44. The fraction of sp³-hybridized carbons (Fsp3) is 0. The van der Waals surface area contributed by atoms with E-state index in [9.17, 15) is 0 Å². The van der Waals surface area contributed by atoms with Gasteiger partial charge in [-0.15, -0.1) is 0 Å². The van der Waals surface area contributed by atoms with Gasteiger partial charge in [0.1, 0.15) is 0 Å². The zero-order chi connectivity index (χ0) is 15.4. The molecular weight excluding hydrogens is 259 g/mol. The average molecular weight is 278 g/mol. The summed E-state index contributed by atoms with van der Waals surface area (Å²) in [6.07, 6.45) is -0.0175. The SMILES string of the molecule is [2H]C([2H])=P(c1ccccc1)(c1ccccc1)c1ccccc1. The van der Waals surface area contributed by atoms with Crippen LogP contribution in [0, 0.1) is 0 Å². The molecule has 0 nitrogen and oxygen atoms in total. The van der Waals surface area contributed by atoms with Crippen LogP contribution in [-0.2, 0) is 0 Å². The molecular formula is C19H17P. The van der Waals surface area contributed by atoms with Gasteiger partial charge in [-0.1, -0.05) is 97.2 Å². The Kier molecular flexibility index (Phi) is 2.96. The molecule has 0 aromatic heterocycles. The van der Waals surface area contributed by atoms with Crippen LogP contribution in [0.5, 0.6) is 0 Å². The van der Waals surface area contributed by atoms with Crippen LogP contribution < -0.4 is 15.9 Å². The highest BCUT2D eigenvalue weighted by atomic mass is 31.2. The first kappa shape index (κ1) is 10.7. The molecule has 3 aromatic carbocycles. The lowest BCUT2D eigenvalue weighted by Gasteiger charge is -2.26. The first-order valence-corrected chi connectivity index (χ1v) is 8.42. The maximum atomic E-state index is 8.33. The molecule has 0 fully saturated rings. The van der Waals surface area contributed by atoms with Crippen molar-refractivity contribution in [2.75, 3.05) is 0 Å². The van der Waals surface area contributed by atoms with Gasteiger partial charge in [0.25, 0.3) is 0 Å². The van der Waals surface area contributed by atoms with Crippen molar-refractivity contribution < 1.29 is 2.74 Å². The van der Waals surface area contributed by atoms with E-state index < -0.39 is 6.89 Å². The summed E-state index contributed by atoms with van der Waals surface area (Å²) in [5, 5.41) is 3.15. The standard InChI is InChI=1S/C19H17P/c1-20(17-11-5-2-6-12-17,18-13-7-3-8-14-18)19-15-9-4-10-16-19/h2-16H,1H2/i1D2. The van der Waals surface area contributed by atoms with Gasteiger partial charge in [0.05, 0.1) is 2.74 Å². The monoisotopic (exact) mass is 278 g/mol. The maximum absolute atomic E-state index is 8.33. The summed E-state index contributed by atoms with van der Waals surface area (Å²) in [5.41, 5.74) is 0. The van der Waals surface area contributed by atoms with Crippen molar-refractivity contribution in [1.82, 2.24) is 0 Å². The van der Waals surface area contributed by atoms with E-state index in [4.69, 9.17) is 2.74 Å². The minimum absolute atomic E-state index is 0.0175. The van der Waals surface area contributed by atoms with Crippen LogP contribution in [-0.4, -0.2) is 6.25 Å². The van der Waals surface area contributed by atoms with Crippen molar-refractivity contribution >= 4 is 29.1 Å². The van der Waals surface area contributed by atoms with Crippen LogP contribution in [0.25, 0.3) is 0 Å². The Morgan fingerprint density at radius 3 is 1.10 bits per heavy atom. The van der Waals surface area contributed by atoms with E-state index in [2.05, 4.69) is 0 Å². The lowest BCUT2D eigenvalue weighted by Crippen LogP contribution is -2.25. The van der Waals surface area contributed by atoms with Crippen molar-refractivity contribution in [2.24, 2.45) is 0 Å². The van der Waals surface area contributed by atoms with Gasteiger partial charge in [0, 0.05) is 0 Å². The van der Waals surface area contributed by atoms with Crippen molar-refractivity contribution in [1.29, 1.82) is 0 Å². The molecule has 20 heavy (non-hydrogen) atoms. The van der Waals surface area contributed by atoms with Gasteiger partial charge in [-0.25, -0.2) is 0 Å². The lowest BCUT2D eigenvalue weighted by molar-refractivity contribution is 1.73. The summed E-state index contributed by atoms with van der Waals surface area (Å²) >= 11 is 0. The molecule has 0 atom stereocenters. The molecule has 0 unspecified atom stereocenters. The fourth-order valence-electron chi connectivity index (χ4n) is 2.40. The van der Waals surface area contributed by atoms with E-state index in [1.54, 1.807) is 0 Å². The number of rotatable bonds is 3. The normalized spacial score (nSPS) is 12.4. The third-order valence-electron chi connectivity index (χ3n) is 3.43. The molecule has 3 aromatic rings. The fourth-order valence-corrected chi connectivity index (χ4v) is 5.15. The second kappa shape index (κ2) is 5.53. The van der Waals surface area contributed by atoms with Gasteiger partial charge in [0.2, 0.25) is 0 Å². The maximum Gasteiger partial charge on any atom is 0.0550 e. The molecule has 3 rings (SSSR count). The van der Waals surface area contributed by atoms with Crippen LogP contribution in [0.3, 0.4) is 0 Å². The topological polar surface area (TPSA) is 0 Å². The molecule has 0 heterocycles. The largest absolute Gasteiger partial charge is 0.0887 e. The second-order valence-electron chi connectivity index (χ2n) is 4.68. The number of hydrogen-bond donors (Lipinski definition) is 0. The van der Waals surface area contributed by atoms with Crippen LogP contribution in [0.1, 0.15) is 2.74 Å². The number of hydrogen-bond acceptors (Lipinski definition) is 0. The molecule has 0 radical (unpaired) electrons. The highest BCUT2D eigenvalue weighted by Gasteiger charge is 2.21. The Morgan fingerprint density at radius 2 is 0.850 bits per heavy atom. The van der Waals surface area contributed by atoms with Gasteiger partial charge >= 0.3 is 0 Å². The predicted molar refractivity (Wildman–Crippen MR) is 92.3 cm³/mol. The number of benzene rings is 3. The van der Waals surface area contributed by atoms with Gasteiger partial charge in [-0.05, 0) is 22.8 Å². The molecule has 0 spiro atoms. The molecule has 0 aliphatic carbocycles. The Bertz CT molecular complexity index is 689. The van der Waals surface area contributed by atoms with E-state index in [1.165, 1.54) is 0 Å². The summed E-state index contributed by atoms with van der Waals surface area (Å²) in [5.74, 6) is 0. The van der Waals surface area contributed by atoms with E-state index in [0.29, 0.717) is 0 Å². The Labute approximate surface area is 123 Å². The lowest BCUT2D eigenvalue weighted by atomic mass is 10.4. The van der Waals surface area contributed by atoms with Crippen LogP contribution in [0.4, 0.5) is 0 Å². The molecule has 1 heteroatoms. The van der Waals surface area contributed by atoms with Crippen LogP contribution in [0.2, 0.25) is 0 Å².